The molecule has 0 heterocycles. The van der Waals surface area contributed by atoms with E-state index in [-0.39, 0.29) is 11.5 Å². The maximum absolute atomic E-state index is 11.5. The molecule has 0 fully saturated rings. The first-order chi connectivity index (χ1) is 6.18. The van der Waals surface area contributed by atoms with Gasteiger partial charge in [0.05, 0.1) is 5.02 Å². The van der Waals surface area contributed by atoms with E-state index in [4.69, 9.17) is 11.6 Å². The maximum Gasteiger partial charge on any atom is 0.164 e. The monoisotopic (exact) mass is 196 g/mol. The van der Waals surface area contributed by atoms with Crippen molar-refractivity contribution in [3.8, 4) is 5.75 Å². The molecule has 0 saturated carbocycles. The van der Waals surface area contributed by atoms with Crippen molar-refractivity contribution in [2.75, 3.05) is 0 Å². The minimum Gasteiger partial charge on any atom is -0.508 e. The second-order valence-corrected chi connectivity index (χ2v) is 3.65. The van der Waals surface area contributed by atoms with Gasteiger partial charge in [-0.3, -0.25) is 4.79 Å². The van der Waals surface area contributed by atoms with Gasteiger partial charge in [-0.05, 0) is 30.5 Å². The molecule has 0 aliphatic heterocycles. The first-order valence-electron chi connectivity index (χ1n) is 4.23. The van der Waals surface area contributed by atoms with Gasteiger partial charge in [0.15, 0.2) is 5.78 Å². The van der Waals surface area contributed by atoms with E-state index < -0.39 is 0 Å². The number of halogens is 1. The summed E-state index contributed by atoms with van der Waals surface area (Å²) in [5, 5.41) is 9.63. The summed E-state index contributed by atoms with van der Waals surface area (Å²) in [5.74, 6) is 0.227. The number of fused-ring (bicyclic) bond motifs is 1. The lowest BCUT2D eigenvalue weighted by Crippen LogP contribution is -2.11. The number of Topliss-reactive ketones (excluding diaryl/α,β-unsaturated/α-hetero) is 1. The molecule has 1 aromatic carbocycles. The van der Waals surface area contributed by atoms with Gasteiger partial charge in [-0.25, -0.2) is 0 Å². The Morgan fingerprint density at radius 1 is 1.31 bits per heavy atom. The second-order valence-electron chi connectivity index (χ2n) is 3.24. The van der Waals surface area contributed by atoms with Gasteiger partial charge in [-0.15, -0.1) is 0 Å². The van der Waals surface area contributed by atoms with Crippen molar-refractivity contribution >= 4 is 17.4 Å². The number of benzene rings is 1. The summed E-state index contributed by atoms with van der Waals surface area (Å²) in [6, 6.07) is 3.04. The molecule has 1 aliphatic rings. The van der Waals surface area contributed by atoms with Gasteiger partial charge in [0.25, 0.3) is 0 Å². The van der Waals surface area contributed by atoms with Crippen molar-refractivity contribution < 1.29 is 9.90 Å². The normalized spacial score (nSPS) is 15.6. The van der Waals surface area contributed by atoms with Crippen LogP contribution in [0.4, 0.5) is 0 Å². The Morgan fingerprint density at radius 3 is 2.85 bits per heavy atom. The number of aryl methyl sites for hydroxylation is 1. The van der Waals surface area contributed by atoms with E-state index in [1.54, 1.807) is 6.07 Å². The van der Waals surface area contributed by atoms with Crippen molar-refractivity contribution in [1.82, 2.24) is 0 Å². The SMILES string of the molecule is O=C1CCCc2cc(O)cc(Cl)c21. The van der Waals surface area contributed by atoms with Gasteiger partial charge in [-0.2, -0.15) is 0 Å². The molecule has 0 amide bonds. The number of carbonyl (C=O) groups excluding carboxylic acids is 1. The molecule has 0 aromatic heterocycles. The van der Waals surface area contributed by atoms with E-state index in [0.29, 0.717) is 17.0 Å². The topological polar surface area (TPSA) is 37.3 Å². The Labute approximate surface area is 81.1 Å². The highest BCUT2D eigenvalue weighted by Gasteiger charge is 2.20. The highest BCUT2D eigenvalue weighted by molar-refractivity contribution is 6.34. The Bertz CT molecular complexity index is 371. The summed E-state index contributed by atoms with van der Waals surface area (Å²) in [7, 11) is 0. The molecule has 0 atom stereocenters. The van der Waals surface area contributed by atoms with Crippen LogP contribution in [-0.4, -0.2) is 10.9 Å². The number of carbonyl (C=O) groups is 1. The van der Waals surface area contributed by atoms with Crippen LogP contribution in [0, 0.1) is 0 Å². The Kier molecular flexibility index (Phi) is 2.00. The molecular formula is C10H9ClO2. The summed E-state index contributed by atoms with van der Waals surface area (Å²) in [6.07, 6.45) is 2.25. The third-order valence-electron chi connectivity index (χ3n) is 2.29. The maximum atomic E-state index is 11.5. The lowest BCUT2D eigenvalue weighted by molar-refractivity contribution is 0.0972. The zero-order valence-electron chi connectivity index (χ0n) is 7.01. The predicted octanol–water partition coefficient (Wildman–Crippen LogP) is 2.56. The van der Waals surface area contributed by atoms with Crippen LogP contribution >= 0.6 is 11.6 Å². The van der Waals surface area contributed by atoms with Crippen molar-refractivity contribution in [1.29, 1.82) is 0 Å². The quantitative estimate of drug-likeness (QED) is 0.693. The molecule has 0 bridgehead atoms. The molecule has 1 aromatic rings. The van der Waals surface area contributed by atoms with Crippen LogP contribution in [0.25, 0.3) is 0 Å². The highest BCUT2D eigenvalue weighted by Crippen LogP contribution is 2.31. The van der Waals surface area contributed by atoms with Crippen LogP contribution in [0.3, 0.4) is 0 Å². The van der Waals surface area contributed by atoms with Crippen LogP contribution in [0.2, 0.25) is 5.02 Å². The van der Waals surface area contributed by atoms with Gasteiger partial charge in [0.2, 0.25) is 0 Å². The van der Waals surface area contributed by atoms with E-state index in [0.717, 1.165) is 18.4 Å². The van der Waals surface area contributed by atoms with Crippen molar-refractivity contribution in [3.63, 3.8) is 0 Å². The van der Waals surface area contributed by atoms with Crippen molar-refractivity contribution in [3.05, 3.63) is 28.3 Å². The number of hydrogen-bond donors (Lipinski definition) is 1. The van der Waals surface area contributed by atoms with Crippen molar-refractivity contribution in [2.45, 2.75) is 19.3 Å². The first kappa shape index (κ1) is 8.57. The molecule has 0 spiro atoms. The smallest absolute Gasteiger partial charge is 0.164 e. The zero-order valence-corrected chi connectivity index (χ0v) is 7.77. The lowest BCUT2D eigenvalue weighted by Gasteiger charge is -2.15. The Morgan fingerprint density at radius 2 is 2.08 bits per heavy atom. The molecule has 13 heavy (non-hydrogen) atoms. The van der Waals surface area contributed by atoms with Crippen LogP contribution in [0.5, 0.6) is 5.75 Å². The molecule has 2 nitrogen and oxygen atoms in total. The molecule has 2 rings (SSSR count). The fraction of sp³-hybridized carbons (Fsp3) is 0.300. The molecule has 0 saturated heterocycles. The number of ketones is 1. The third kappa shape index (κ3) is 1.42. The molecule has 3 heteroatoms. The molecular weight excluding hydrogens is 188 g/mol. The fourth-order valence-corrected chi connectivity index (χ4v) is 2.06. The van der Waals surface area contributed by atoms with E-state index >= 15 is 0 Å². The number of phenols is 1. The number of aromatic hydroxyl groups is 1. The molecule has 0 unspecified atom stereocenters. The fourth-order valence-electron chi connectivity index (χ4n) is 1.72. The zero-order chi connectivity index (χ0) is 9.42. The predicted molar refractivity (Wildman–Crippen MR) is 50.4 cm³/mol. The summed E-state index contributed by atoms with van der Waals surface area (Å²) >= 11 is 5.86. The van der Waals surface area contributed by atoms with Crippen LogP contribution in [0.1, 0.15) is 28.8 Å². The number of rotatable bonds is 0. The lowest BCUT2D eigenvalue weighted by atomic mass is 9.90. The molecule has 1 N–H and O–H groups in total. The highest BCUT2D eigenvalue weighted by atomic mass is 35.5. The molecule has 68 valence electrons. The second kappa shape index (κ2) is 3.04. The summed E-state index contributed by atoms with van der Waals surface area (Å²) in [5.41, 5.74) is 1.48. The average Bonchev–Trinajstić information content (AvgIpc) is 2.02. The summed E-state index contributed by atoms with van der Waals surface area (Å²) in [6.45, 7) is 0. The van der Waals surface area contributed by atoms with E-state index in [9.17, 15) is 9.90 Å². The van der Waals surface area contributed by atoms with Gasteiger partial charge < -0.3 is 5.11 Å². The summed E-state index contributed by atoms with van der Waals surface area (Å²) < 4.78 is 0. The number of hydrogen-bond acceptors (Lipinski definition) is 2. The minimum absolute atomic E-state index is 0.0891. The average molecular weight is 197 g/mol. The van der Waals surface area contributed by atoms with Gasteiger partial charge >= 0.3 is 0 Å². The third-order valence-corrected chi connectivity index (χ3v) is 2.58. The van der Waals surface area contributed by atoms with Gasteiger partial charge in [-0.1, -0.05) is 11.6 Å². The summed E-state index contributed by atoms with van der Waals surface area (Å²) in [4.78, 5) is 11.5. The van der Waals surface area contributed by atoms with Crippen LogP contribution in [0.15, 0.2) is 12.1 Å². The van der Waals surface area contributed by atoms with Gasteiger partial charge in [0.1, 0.15) is 5.75 Å². The largest absolute Gasteiger partial charge is 0.508 e. The van der Waals surface area contributed by atoms with E-state index in [1.165, 1.54) is 6.07 Å². The van der Waals surface area contributed by atoms with Gasteiger partial charge in [0, 0.05) is 12.0 Å². The van der Waals surface area contributed by atoms with E-state index in [1.807, 2.05) is 0 Å². The minimum atomic E-state index is 0.0891. The standard InChI is InChI=1S/C10H9ClO2/c11-8-5-7(12)4-6-2-1-3-9(13)10(6)8/h4-5,12H,1-3H2. The van der Waals surface area contributed by atoms with Crippen molar-refractivity contribution in [2.24, 2.45) is 0 Å². The Balaban J connectivity index is 2.63. The van der Waals surface area contributed by atoms with Crippen LogP contribution in [-0.2, 0) is 6.42 Å². The Hall–Kier alpha value is -1.02. The van der Waals surface area contributed by atoms with Crippen LogP contribution < -0.4 is 0 Å². The van der Waals surface area contributed by atoms with E-state index in [2.05, 4.69) is 0 Å². The first-order valence-corrected chi connectivity index (χ1v) is 4.61. The molecule has 1 aliphatic carbocycles. The molecule has 0 radical (unpaired) electrons. The number of phenolic OH excluding ortho intramolecular Hbond substituents is 1.